The van der Waals surface area contributed by atoms with Gasteiger partial charge >= 0.3 is 0 Å². The number of hydrogen-bond donors (Lipinski definition) is 0. The van der Waals surface area contributed by atoms with E-state index >= 15 is 0 Å². The average Bonchev–Trinajstić information content (AvgIpc) is 3.19. The highest BCUT2D eigenvalue weighted by molar-refractivity contribution is 8.13. The van der Waals surface area contributed by atoms with E-state index in [1.807, 2.05) is 47.4 Å². The molecule has 0 fully saturated rings. The summed E-state index contributed by atoms with van der Waals surface area (Å²) in [5.74, 6) is 2.35. The lowest BCUT2D eigenvalue weighted by molar-refractivity contribution is -0.119. The summed E-state index contributed by atoms with van der Waals surface area (Å²) in [6.07, 6.45) is 0.555. The summed E-state index contributed by atoms with van der Waals surface area (Å²) in [6.45, 7) is 2.08. The second kappa shape index (κ2) is 9.35. The van der Waals surface area contributed by atoms with Gasteiger partial charge in [0.2, 0.25) is 0 Å². The first kappa shape index (κ1) is 22.2. The van der Waals surface area contributed by atoms with Gasteiger partial charge in [-0.3, -0.25) is 9.69 Å². The van der Waals surface area contributed by atoms with Crippen molar-refractivity contribution in [2.45, 2.75) is 25.1 Å². The van der Waals surface area contributed by atoms with Crippen molar-refractivity contribution in [1.82, 2.24) is 4.90 Å². The number of aryl methyl sites for hydroxylation is 1. The highest BCUT2D eigenvalue weighted by atomic mass is 32.2. The van der Waals surface area contributed by atoms with Crippen LogP contribution in [0.2, 0.25) is 0 Å². The Hall–Kier alpha value is -3.58. The molecule has 3 aromatic carbocycles. The molecule has 0 bridgehead atoms. The maximum atomic E-state index is 13.1. The Morgan fingerprint density at radius 1 is 0.912 bits per heavy atom. The predicted molar refractivity (Wildman–Crippen MR) is 136 cm³/mol. The van der Waals surface area contributed by atoms with Crippen LogP contribution in [0, 0.1) is 6.92 Å². The number of benzene rings is 3. The number of aliphatic imine (C=N–C) groups is 2. The van der Waals surface area contributed by atoms with E-state index < -0.39 is 6.04 Å². The molecule has 7 heteroatoms. The quantitative estimate of drug-likeness (QED) is 0.498. The molecule has 0 unspecified atom stereocenters. The minimum Gasteiger partial charge on any atom is -0.493 e. The highest BCUT2D eigenvalue weighted by Crippen LogP contribution is 2.41. The molecule has 1 atom stereocenters. The number of carbonyl (C=O) groups excluding carboxylic acids is 1. The molecule has 34 heavy (non-hydrogen) atoms. The molecule has 6 nitrogen and oxygen atoms in total. The molecule has 2 heterocycles. The first-order valence-corrected chi connectivity index (χ1v) is 12.0. The Kier molecular flexibility index (Phi) is 6.11. The summed E-state index contributed by atoms with van der Waals surface area (Å²) in [4.78, 5) is 24.6. The monoisotopic (exact) mass is 471 g/mol. The normalized spacial score (nSPS) is 16.5. The Balaban J connectivity index is 1.55. The third-order valence-corrected chi connectivity index (χ3v) is 6.99. The Labute approximate surface area is 203 Å². The van der Waals surface area contributed by atoms with Crippen LogP contribution in [0.4, 0.5) is 5.69 Å². The molecule has 0 N–H and O–H groups in total. The minimum absolute atomic E-state index is 0.162. The first-order chi connectivity index (χ1) is 16.6. The van der Waals surface area contributed by atoms with Gasteiger partial charge in [0.25, 0.3) is 5.91 Å². The lowest BCUT2D eigenvalue weighted by Crippen LogP contribution is -2.44. The molecule has 0 radical (unpaired) electrons. The average molecular weight is 472 g/mol. The number of rotatable bonds is 6. The number of hydrogen-bond acceptors (Lipinski definition) is 6. The standard InChI is InChI=1S/C27H25N3O3S/c1-17-9-11-19(12-10-17)16-34-27-28-21-15-24(33-3)23(32-2)14-20(21)25-29-26(31)22(30(25)27)13-18-7-5-4-6-8-18/h4-12,14-15,22H,13,16H2,1-3H3/t22-/m1/s1. The molecular weight excluding hydrogens is 446 g/mol. The summed E-state index contributed by atoms with van der Waals surface area (Å²) in [7, 11) is 3.19. The number of carbonyl (C=O) groups is 1. The van der Waals surface area contributed by atoms with E-state index in [1.165, 1.54) is 11.1 Å². The van der Waals surface area contributed by atoms with Gasteiger partial charge in [-0.25, -0.2) is 4.99 Å². The van der Waals surface area contributed by atoms with Gasteiger partial charge < -0.3 is 9.47 Å². The summed E-state index contributed by atoms with van der Waals surface area (Å²) in [5, 5.41) is 0.755. The summed E-state index contributed by atoms with van der Waals surface area (Å²) >= 11 is 1.61. The fourth-order valence-electron chi connectivity index (χ4n) is 4.15. The zero-order valence-corrected chi connectivity index (χ0v) is 20.1. The lowest BCUT2D eigenvalue weighted by atomic mass is 10.0. The number of amidine groups is 2. The molecule has 0 aromatic heterocycles. The first-order valence-electron chi connectivity index (χ1n) is 11.1. The topological polar surface area (TPSA) is 63.5 Å². The number of thioether (sulfide) groups is 1. The molecule has 1 amide bonds. The van der Waals surface area contributed by atoms with Crippen molar-refractivity contribution in [1.29, 1.82) is 0 Å². The van der Waals surface area contributed by atoms with Crippen LogP contribution in [-0.4, -0.2) is 42.1 Å². The Morgan fingerprint density at radius 2 is 1.62 bits per heavy atom. The number of amides is 1. The Bertz CT molecular complexity index is 1290. The molecule has 0 saturated heterocycles. The Morgan fingerprint density at radius 3 is 2.32 bits per heavy atom. The maximum Gasteiger partial charge on any atom is 0.271 e. The van der Waals surface area contributed by atoms with E-state index in [1.54, 1.807) is 26.0 Å². The molecule has 2 aliphatic heterocycles. The number of ether oxygens (including phenoxy) is 2. The van der Waals surface area contributed by atoms with E-state index in [2.05, 4.69) is 36.2 Å². The molecule has 2 aliphatic rings. The fraction of sp³-hybridized carbons (Fsp3) is 0.222. The molecule has 0 saturated carbocycles. The van der Waals surface area contributed by atoms with Crippen molar-refractivity contribution in [3.05, 3.63) is 89.0 Å². The summed E-state index contributed by atoms with van der Waals surface area (Å²) < 4.78 is 11.0. The van der Waals surface area contributed by atoms with Crippen LogP contribution >= 0.6 is 11.8 Å². The largest absolute Gasteiger partial charge is 0.493 e. The van der Waals surface area contributed by atoms with E-state index in [0.29, 0.717) is 29.4 Å². The molecule has 0 spiro atoms. The van der Waals surface area contributed by atoms with Gasteiger partial charge in [-0.05, 0) is 24.1 Å². The van der Waals surface area contributed by atoms with Crippen molar-refractivity contribution in [3.8, 4) is 11.5 Å². The van der Waals surface area contributed by atoms with Crippen molar-refractivity contribution >= 4 is 34.4 Å². The third kappa shape index (κ3) is 4.19. The van der Waals surface area contributed by atoms with Gasteiger partial charge in [-0.1, -0.05) is 71.9 Å². The van der Waals surface area contributed by atoms with E-state index in [-0.39, 0.29) is 5.91 Å². The van der Waals surface area contributed by atoms with Crippen molar-refractivity contribution < 1.29 is 14.3 Å². The van der Waals surface area contributed by atoms with Gasteiger partial charge in [0.15, 0.2) is 16.7 Å². The van der Waals surface area contributed by atoms with Crippen LogP contribution in [-0.2, 0) is 17.0 Å². The molecule has 172 valence electrons. The van der Waals surface area contributed by atoms with Gasteiger partial charge in [-0.2, -0.15) is 4.99 Å². The zero-order valence-electron chi connectivity index (χ0n) is 19.3. The smallest absolute Gasteiger partial charge is 0.271 e. The van der Waals surface area contributed by atoms with Gasteiger partial charge in [0, 0.05) is 23.8 Å². The van der Waals surface area contributed by atoms with Gasteiger partial charge in [0.1, 0.15) is 11.9 Å². The number of nitrogens with zero attached hydrogens (tertiary/aromatic N) is 3. The summed E-state index contributed by atoms with van der Waals surface area (Å²) in [5.41, 5.74) is 4.98. The second-order valence-electron chi connectivity index (χ2n) is 8.24. The highest BCUT2D eigenvalue weighted by Gasteiger charge is 2.42. The van der Waals surface area contributed by atoms with Crippen molar-refractivity contribution in [2.75, 3.05) is 14.2 Å². The zero-order chi connectivity index (χ0) is 23.7. The predicted octanol–water partition coefficient (Wildman–Crippen LogP) is 5.15. The van der Waals surface area contributed by atoms with E-state index in [9.17, 15) is 4.79 Å². The third-order valence-electron chi connectivity index (χ3n) is 5.97. The molecule has 5 rings (SSSR count). The number of methoxy groups -OCH3 is 2. The van der Waals surface area contributed by atoms with Gasteiger partial charge in [-0.15, -0.1) is 0 Å². The van der Waals surface area contributed by atoms with Crippen LogP contribution in [0.25, 0.3) is 0 Å². The lowest BCUT2D eigenvalue weighted by Gasteiger charge is -2.31. The molecule has 3 aromatic rings. The number of fused-ring (bicyclic) bond motifs is 3. The SMILES string of the molecule is COc1cc2c(cc1OC)C1=NC(=O)[C@@H](Cc3ccccc3)N1C(SCc1ccc(C)cc1)=N2. The van der Waals surface area contributed by atoms with Crippen LogP contribution in [0.5, 0.6) is 11.5 Å². The van der Waals surface area contributed by atoms with Crippen molar-refractivity contribution in [2.24, 2.45) is 9.98 Å². The molecular formula is C27H25N3O3S. The van der Waals surface area contributed by atoms with Crippen molar-refractivity contribution in [3.63, 3.8) is 0 Å². The fourth-order valence-corrected chi connectivity index (χ4v) is 5.16. The molecule has 0 aliphatic carbocycles. The maximum absolute atomic E-state index is 13.1. The van der Waals surface area contributed by atoms with Crippen LogP contribution < -0.4 is 9.47 Å². The van der Waals surface area contributed by atoms with E-state index in [4.69, 9.17) is 14.5 Å². The van der Waals surface area contributed by atoms with Crippen LogP contribution in [0.1, 0.15) is 22.3 Å². The van der Waals surface area contributed by atoms with Gasteiger partial charge in [0.05, 0.1) is 19.9 Å². The van der Waals surface area contributed by atoms with E-state index in [0.717, 1.165) is 22.0 Å². The summed E-state index contributed by atoms with van der Waals surface area (Å²) in [6, 6.07) is 21.7. The minimum atomic E-state index is -0.442. The van der Waals surface area contributed by atoms with Crippen LogP contribution in [0.3, 0.4) is 0 Å². The van der Waals surface area contributed by atoms with Crippen LogP contribution in [0.15, 0.2) is 76.7 Å². The second-order valence-corrected chi connectivity index (χ2v) is 9.18.